The predicted octanol–water partition coefficient (Wildman–Crippen LogP) is 8.56. The summed E-state index contributed by atoms with van der Waals surface area (Å²) in [6.45, 7) is 0. The number of fused-ring (bicyclic) bond motifs is 2. The number of rotatable bonds is 4. The van der Waals surface area contributed by atoms with E-state index in [1.807, 2.05) is 0 Å². The molecule has 4 aromatic carbocycles. The Hall–Kier alpha value is -3.02. The number of carbonyl (C=O) groups excluding carboxylic acids is 2. The monoisotopic (exact) mass is 526 g/mol. The minimum atomic E-state index is -0.259. The normalized spacial score (nSPS) is 12.2. The van der Waals surface area contributed by atoms with Crippen molar-refractivity contribution < 1.29 is 9.59 Å². The maximum atomic E-state index is 13.6. The van der Waals surface area contributed by atoms with Gasteiger partial charge in [0.2, 0.25) is 0 Å². The van der Waals surface area contributed by atoms with Crippen molar-refractivity contribution in [1.29, 1.82) is 0 Å². The molecular weight excluding hydrogens is 514 g/mol. The summed E-state index contributed by atoms with van der Waals surface area (Å²) in [6.07, 6.45) is 0. The lowest BCUT2D eigenvalue weighted by Crippen LogP contribution is -2.23. The minimum Gasteiger partial charge on any atom is -0.355 e. The smallest absolute Gasteiger partial charge is 0.196 e. The molecule has 168 valence electrons. The Morgan fingerprint density at radius 1 is 0.500 bits per heavy atom. The summed E-state index contributed by atoms with van der Waals surface area (Å²) in [4.78, 5) is 27.2. The summed E-state index contributed by atoms with van der Waals surface area (Å²) in [6, 6.07) is 20.4. The predicted molar refractivity (Wildman–Crippen MR) is 139 cm³/mol. The lowest BCUT2D eigenvalue weighted by atomic mass is 9.82. The largest absolute Gasteiger partial charge is 0.355 e. The quantitative estimate of drug-likeness (QED) is 0.246. The molecule has 8 heteroatoms. The molecule has 0 heterocycles. The Morgan fingerprint density at radius 3 is 1.29 bits per heavy atom. The van der Waals surface area contributed by atoms with Crippen molar-refractivity contribution in [3.63, 3.8) is 0 Å². The van der Waals surface area contributed by atoms with E-state index in [1.54, 1.807) is 72.8 Å². The first-order valence-corrected chi connectivity index (χ1v) is 11.6. The van der Waals surface area contributed by atoms with Crippen LogP contribution in [0.3, 0.4) is 0 Å². The number of benzene rings is 4. The van der Waals surface area contributed by atoms with Gasteiger partial charge in [-0.05, 0) is 48.5 Å². The molecule has 1 aliphatic rings. The van der Waals surface area contributed by atoms with Crippen LogP contribution in [0.2, 0.25) is 20.1 Å². The van der Waals surface area contributed by atoms with E-state index in [2.05, 4.69) is 10.6 Å². The zero-order chi connectivity index (χ0) is 24.0. The Morgan fingerprint density at radius 2 is 0.912 bits per heavy atom. The molecule has 4 aromatic rings. The average Bonchev–Trinajstić information content (AvgIpc) is 2.82. The van der Waals surface area contributed by atoms with Gasteiger partial charge in [-0.15, -0.1) is 0 Å². The topological polar surface area (TPSA) is 58.2 Å². The van der Waals surface area contributed by atoms with Crippen molar-refractivity contribution >= 4 is 80.7 Å². The van der Waals surface area contributed by atoms with Gasteiger partial charge in [0.05, 0.1) is 42.6 Å². The number of anilines is 4. The standard InChI is InChI=1S/C26H14Cl4N2O2/c27-17-9-7-13(11-19(17)29)31-21-5-1-3-15-23(21)26(34)16-4-2-6-22(24(16)25(15)33)32-14-8-10-18(28)20(30)12-14/h1-12,31-32H. The molecule has 0 saturated carbocycles. The second kappa shape index (κ2) is 8.97. The molecule has 34 heavy (non-hydrogen) atoms. The molecule has 0 amide bonds. The van der Waals surface area contributed by atoms with E-state index in [-0.39, 0.29) is 11.6 Å². The van der Waals surface area contributed by atoms with Gasteiger partial charge in [0.25, 0.3) is 0 Å². The number of hydrogen-bond donors (Lipinski definition) is 2. The van der Waals surface area contributed by atoms with Gasteiger partial charge in [-0.2, -0.15) is 0 Å². The first-order valence-electron chi connectivity index (χ1n) is 10.1. The van der Waals surface area contributed by atoms with Crippen LogP contribution in [0.1, 0.15) is 31.8 Å². The molecule has 4 nitrogen and oxygen atoms in total. The van der Waals surface area contributed by atoms with Gasteiger partial charge in [-0.25, -0.2) is 0 Å². The van der Waals surface area contributed by atoms with E-state index in [0.717, 1.165) is 0 Å². The molecule has 0 saturated heterocycles. The molecule has 0 unspecified atom stereocenters. The lowest BCUT2D eigenvalue weighted by molar-refractivity contribution is 0.0980. The third-order valence-corrected chi connectivity index (χ3v) is 6.95. The molecule has 0 atom stereocenters. The van der Waals surface area contributed by atoms with Crippen LogP contribution < -0.4 is 10.6 Å². The van der Waals surface area contributed by atoms with Gasteiger partial charge >= 0.3 is 0 Å². The second-order valence-corrected chi connectivity index (χ2v) is 9.25. The molecular formula is C26H14Cl4N2O2. The van der Waals surface area contributed by atoms with Crippen LogP contribution in [-0.4, -0.2) is 11.6 Å². The Labute approximate surface area is 215 Å². The number of ketones is 2. The fourth-order valence-corrected chi connectivity index (χ4v) is 4.50. The highest BCUT2D eigenvalue weighted by atomic mass is 35.5. The summed E-state index contributed by atoms with van der Waals surface area (Å²) in [5.74, 6) is -0.518. The molecule has 0 fully saturated rings. The SMILES string of the molecule is O=C1c2cccc(Nc3ccc(Cl)c(Cl)c3)c2C(=O)c2cccc(Nc3ccc(Cl)c(Cl)c3)c21. The fourth-order valence-electron chi connectivity index (χ4n) is 3.91. The van der Waals surface area contributed by atoms with Crippen molar-refractivity contribution in [2.24, 2.45) is 0 Å². The summed E-state index contributed by atoms with van der Waals surface area (Å²) in [5.41, 5.74) is 3.52. The molecule has 0 radical (unpaired) electrons. The zero-order valence-electron chi connectivity index (χ0n) is 17.3. The molecule has 0 aliphatic heterocycles. The zero-order valence-corrected chi connectivity index (χ0v) is 20.3. The van der Waals surface area contributed by atoms with Crippen LogP contribution >= 0.6 is 46.4 Å². The first-order chi connectivity index (χ1) is 16.3. The van der Waals surface area contributed by atoms with Crippen molar-refractivity contribution in [2.75, 3.05) is 10.6 Å². The van der Waals surface area contributed by atoms with Gasteiger partial charge in [-0.3, -0.25) is 9.59 Å². The molecule has 2 N–H and O–H groups in total. The highest BCUT2D eigenvalue weighted by Crippen LogP contribution is 2.38. The molecule has 0 bridgehead atoms. The molecule has 0 aromatic heterocycles. The fraction of sp³-hybridized carbons (Fsp3) is 0. The van der Waals surface area contributed by atoms with E-state index < -0.39 is 0 Å². The first kappa shape index (κ1) is 22.8. The summed E-state index contributed by atoms with van der Waals surface area (Å²) >= 11 is 24.3. The number of halogens is 4. The van der Waals surface area contributed by atoms with E-state index in [1.165, 1.54) is 0 Å². The van der Waals surface area contributed by atoms with Crippen LogP contribution in [0.15, 0.2) is 72.8 Å². The summed E-state index contributed by atoms with van der Waals surface area (Å²) < 4.78 is 0. The van der Waals surface area contributed by atoms with E-state index in [4.69, 9.17) is 46.4 Å². The third-order valence-electron chi connectivity index (χ3n) is 5.47. The van der Waals surface area contributed by atoms with Crippen molar-refractivity contribution in [2.45, 2.75) is 0 Å². The summed E-state index contributed by atoms with van der Waals surface area (Å²) in [5, 5.41) is 7.97. The number of nitrogens with one attached hydrogen (secondary N) is 2. The highest BCUT2D eigenvalue weighted by Gasteiger charge is 2.33. The third kappa shape index (κ3) is 4.04. The Bertz CT molecular complexity index is 1390. The minimum absolute atomic E-state index is 0.259. The second-order valence-electron chi connectivity index (χ2n) is 7.62. The van der Waals surface area contributed by atoms with E-state index >= 15 is 0 Å². The molecule has 1 aliphatic carbocycles. The van der Waals surface area contributed by atoms with E-state index in [9.17, 15) is 9.59 Å². The van der Waals surface area contributed by atoms with E-state index in [0.29, 0.717) is 65.1 Å². The van der Waals surface area contributed by atoms with Gasteiger partial charge in [0, 0.05) is 22.5 Å². The molecule has 0 spiro atoms. The highest BCUT2D eigenvalue weighted by molar-refractivity contribution is 6.42. The van der Waals surface area contributed by atoms with Gasteiger partial charge in [0.1, 0.15) is 0 Å². The van der Waals surface area contributed by atoms with Crippen molar-refractivity contribution in [3.8, 4) is 0 Å². The summed E-state index contributed by atoms with van der Waals surface area (Å²) in [7, 11) is 0. The van der Waals surface area contributed by atoms with Gasteiger partial charge in [-0.1, -0.05) is 70.7 Å². The van der Waals surface area contributed by atoms with Crippen LogP contribution in [0, 0.1) is 0 Å². The van der Waals surface area contributed by atoms with Gasteiger partial charge in [0.15, 0.2) is 11.6 Å². The maximum absolute atomic E-state index is 13.6. The van der Waals surface area contributed by atoms with Crippen LogP contribution in [0.4, 0.5) is 22.7 Å². The number of carbonyl (C=O) groups is 2. The number of hydrogen-bond acceptors (Lipinski definition) is 4. The maximum Gasteiger partial charge on any atom is 0.196 e. The Kier molecular flexibility index (Phi) is 6.00. The van der Waals surface area contributed by atoms with Crippen LogP contribution in [-0.2, 0) is 0 Å². The lowest BCUT2D eigenvalue weighted by Gasteiger charge is -2.23. The molecule has 5 rings (SSSR count). The van der Waals surface area contributed by atoms with Gasteiger partial charge < -0.3 is 10.6 Å². The Balaban J connectivity index is 1.56. The van der Waals surface area contributed by atoms with Crippen molar-refractivity contribution in [3.05, 3.63) is 115 Å². The van der Waals surface area contributed by atoms with Crippen LogP contribution in [0.25, 0.3) is 0 Å². The van der Waals surface area contributed by atoms with Crippen LogP contribution in [0.5, 0.6) is 0 Å². The van der Waals surface area contributed by atoms with Crippen molar-refractivity contribution in [1.82, 2.24) is 0 Å². The average molecular weight is 528 g/mol.